The predicted molar refractivity (Wildman–Crippen MR) is 70.1 cm³/mol. The lowest BCUT2D eigenvalue weighted by molar-refractivity contribution is 0.243. The molecule has 0 aliphatic heterocycles. The Bertz CT molecular complexity index is 535. The van der Waals surface area contributed by atoms with Crippen molar-refractivity contribution in [2.24, 2.45) is 5.73 Å². The van der Waals surface area contributed by atoms with Crippen LogP contribution in [-0.4, -0.2) is 11.1 Å². The maximum Gasteiger partial charge on any atom is 0.120 e. The topological polar surface area (TPSA) is 48.1 Å². The van der Waals surface area contributed by atoms with E-state index in [1.165, 1.54) is 0 Å². The van der Waals surface area contributed by atoms with Crippen molar-refractivity contribution in [2.45, 2.75) is 33.4 Å². The second kappa shape index (κ2) is 4.72. The molecule has 0 radical (unpaired) electrons. The Morgan fingerprint density at radius 3 is 2.71 bits per heavy atom. The second-order valence-electron chi connectivity index (χ2n) is 4.46. The first kappa shape index (κ1) is 11.9. The third-order valence-electron chi connectivity index (χ3n) is 2.67. The number of aryl methyl sites for hydroxylation is 1. The summed E-state index contributed by atoms with van der Waals surface area (Å²) in [6.45, 7) is 6.54. The zero-order valence-corrected chi connectivity index (χ0v) is 10.5. The van der Waals surface area contributed by atoms with Crippen LogP contribution in [0.1, 0.15) is 25.1 Å². The fourth-order valence-corrected chi connectivity index (χ4v) is 1.85. The van der Waals surface area contributed by atoms with E-state index in [0.717, 1.165) is 27.9 Å². The third-order valence-corrected chi connectivity index (χ3v) is 2.67. The molecule has 3 heteroatoms. The summed E-state index contributed by atoms with van der Waals surface area (Å²) in [7, 11) is 0. The number of rotatable bonds is 3. The molecule has 1 aromatic heterocycles. The Kier molecular flexibility index (Phi) is 3.29. The van der Waals surface area contributed by atoms with Crippen LogP contribution in [-0.2, 0) is 6.54 Å². The molecule has 0 unspecified atom stereocenters. The molecule has 0 bridgehead atoms. The monoisotopic (exact) mass is 230 g/mol. The number of fused-ring (bicyclic) bond motifs is 1. The van der Waals surface area contributed by atoms with Crippen molar-refractivity contribution in [3.05, 3.63) is 35.5 Å². The molecule has 0 fully saturated rings. The number of hydrogen-bond donors (Lipinski definition) is 1. The van der Waals surface area contributed by atoms with Gasteiger partial charge in [0.25, 0.3) is 0 Å². The number of benzene rings is 1. The largest absolute Gasteiger partial charge is 0.491 e. The Balaban J connectivity index is 2.49. The Morgan fingerprint density at radius 2 is 2.06 bits per heavy atom. The third kappa shape index (κ3) is 2.56. The summed E-state index contributed by atoms with van der Waals surface area (Å²) < 4.78 is 5.67. The minimum absolute atomic E-state index is 0.180. The fourth-order valence-electron chi connectivity index (χ4n) is 1.85. The van der Waals surface area contributed by atoms with E-state index in [2.05, 4.69) is 11.1 Å². The number of pyridine rings is 1. The summed E-state index contributed by atoms with van der Waals surface area (Å²) >= 11 is 0. The van der Waals surface area contributed by atoms with Crippen LogP contribution in [0.15, 0.2) is 24.3 Å². The van der Waals surface area contributed by atoms with Crippen LogP contribution in [0.5, 0.6) is 5.75 Å². The number of ether oxygens (including phenoxy) is 1. The van der Waals surface area contributed by atoms with E-state index in [4.69, 9.17) is 10.5 Å². The minimum atomic E-state index is 0.180. The van der Waals surface area contributed by atoms with E-state index in [0.29, 0.717) is 6.54 Å². The molecule has 0 amide bonds. The van der Waals surface area contributed by atoms with E-state index in [1.807, 2.05) is 39.0 Å². The predicted octanol–water partition coefficient (Wildman–Crippen LogP) is 2.79. The van der Waals surface area contributed by atoms with Crippen molar-refractivity contribution in [3.8, 4) is 5.75 Å². The minimum Gasteiger partial charge on any atom is -0.491 e. The highest BCUT2D eigenvalue weighted by Gasteiger charge is 2.04. The van der Waals surface area contributed by atoms with Gasteiger partial charge in [-0.25, -0.2) is 0 Å². The van der Waals surface area contributed by atoms with Crippen LogP contribution >= 0.6 is 0 Å². The Hall–Kier alpha value is -1.61. The van der Waals surface area contributed by atoms with Crippen molar-refractivity contribution < 1.29 is 4.74 Å². The van der Waals surface area contributed by atoms with Gasteiger partial charge in [-0.05, 0) is 50.6 Å². The molecule has 17 heavy (non-hydrogen) atoms. The normalized spacial score (nSPS) is 11.1. The van der Waals surface area contributed by atoms with Gasteiger partial charge in [-0.2, -0.15) is 0 Å². The zero-order valence-electron chi connectivity index (χ0n) is 10.5. The molecular formula is C14H18N2O. The average Bonchev–Trinajstić information content (AvgIpc) is 2.28. The van der Waals surface area contributed by atoms with Crippen molar-refractivity contribution >= 4 is 10.9 Å². The SMILES string of the molecule is Cc1nc2ccc(OC(C)C)cc2cc1CN. The first-order valence-corrected chi connectivity index (χ1v) is 5.87. The van der Waals surface area contributed by atoms with Gasteiger partial charge in [0, 0.05) is 17.6 Å². The lowest BCUT2D eigenvalue weighted by Gasteiger charge is -2.11. The van der Waals surface area contributed by atoms with Gasteiger partial charge >= 0.3 is 0 Å². The highest BCUT2D eigenvalue weighted by atomic mass is 16.5. The van der Waals surface area contributed by atoms with E-state index in [9.17, 15) is 0 Å². The standard InChI is InChI=1S/C14H18N2O/c1-9(2)17-13-4-5-14-11(7-13)6-12(8-15)10(3)16-14/h4-7,9H,8,15H2,1-3H3. The zero-order chi connectivity index (χ0) is 12.4. The molecule has 2 rings (SSSR count). The van der Waals surface area contributed by atoms with Crippen LogP contribution in [0.25, 0.3) is 10.9 Å². The molecule has 0 aliphatic rings. The molecule has 2 aromatic rings. The van der Waals surface area contributed by atoms with Gasteiger partial charge in [0.05, 0.1) is 11.6 Å². The van der Waals surface area contributed by atoms with Crippen LogP contribution in [0.4, 0.5) is 0 Å². The molecule has 1 aromatic carbocycles. The van der Waals surface area contributed by atoms with Gasteiger partial charge in [0.15, 0.2) is 0 Å². The van der Waals surface area contributed by atoms with Gasteiger partial charge in [-0.15, -0.1) is 0 Å². The maximum absolute atomic E-state index is 5.69. The molecule has 0 saturated carbocycles. The molecule has 1 heterocycles. The van der Waals surface area contributed by atoms with Crippen LogP contribution < -0.4 is 10.5 Å². The summed E-state index contributed by atoms with van der Waals surface area (Å²) in [5.74, 6) is 0.876. The number of aromatic nitrogens is 1. The highest BCUT2D eigenvalue weighted by molar-refractivity contribution is 5.81. The number of nitrogens with zero attached hydrogens (tertiary/aromatic N) is 1. The summed E-state index contributed by atoms with van der Waals surface area (Å²) in [5, 5.41) is 1.08. The van der Waals surface area contributed by atoms with Gasteiger partial charge < -0.3 is 10.5 Å². The first-order valence-electron chi connectivity index (χ1n) is 5.87. The van der Waals surface area contributed by atoms with Crippen LogP contribution in [0, 0.1) is 6.92 Å². The molecule has 3 nitrogen and oxygen atoms in total. The van der Waals surface area contributed by atoms with E-state index in [-0.39, 0.29) is 6.10 Å². The lowest BCUT2D eigenvalue weighted by atomic mass is 10.1. The van der Waals surface area contributed by atoms with E-state index in [1.54, 1.807) is 0 Å². The maximum atomic E-state index is 5.69. The highest BCUT2D eigenvalue weighted by Crippen LogP contribution is 2.22. The van der Waals surface area contributed by atoms with Crippen molar-refractivity contribution in [2.75, 3.05) is 0 Å². The quantitative estimate of drug-likeness (QED) is 0.882. The Labute approximate surface area is 102 Å². The molecule has 0 saturated heterocycles. The Morgan fingerprint density at radius 1 is 1.29 bits per heavy atom. The van der Waals surface area contributed by atoms with E-state index >= 15 is 0 Å². The summed E-state index contributed by atoms with van der Waals surface area (Å²) in [6.07, 6.45) is 0.180. The molecule has 0 atom stereocenters. The van der Waals surface area contributed by atoms with Gasteiger partial charge in [0.1, 0.15) is 5.75 Å². The summed E-state index contributed by atoms with van der Waals surface area (Å²) in [4.78, 5) is 4.53. The van der Waals surface area contributed by atoms with Crippen molar-refractivity contribution in [1.29, 1.82) is 0 Å². The van der Waals surface area contributed by atoms with Crippen LogP contribution in [0.2, 0.25) is 0 Å². The van der Waals surface area contributed by atoms with E-state index < -0.39 is 0 Å². The molecule has 0 aliphatic carbocycles. The summed E-state index contributed by atoms with van der Waals surface area (Å²) in [6, 6.07) is 8.04. The van der Waals surface area contributed by atoms with Crippen LogP contribution in [0.3, 0.4) is 0 Å². The fraction of sp³-hybridized carbons (Fsp3) is 0.357. The van der Waals surface area contributed by atoms with Gasteiger partial charge in [-0.3, -0.25) is 4.98 Å². The molecular weight excluding hydrogens is 212 g/mol. The summed E-state index contributed by atoms with van der Waals surface area (Å²) in [5.41, 5.74) is 8.75. The smallest absolute Gasteiger partial charge is 0.120 e. The van der Waals surface area contributed by atoms with Gasteiger partial charge in [0.2, 0.25) is 0 Å². The van der Waals surface area contributed by atoms with Crippen molar-refractivity contribution in [1.82, 2.24) is 4.98 Å². The molecule has 90 valence electrons. The number of hydrogen-bond acceptors (Lipinski definition) is 3. The molecule has 0 spiro atoms. The van der Waals surface area contributed by atoms with Gasteiger partial charge in [-0.1, -0.05) is 0 Å². The first-order chi connectivity index (χ1) is 8.10. The lowest BCUT2D eigenvalue weighted by Crippen LogP contribution is -2.05. The van der Waals surface area contributed by atoms with Crippen molar-refractivity contribution in [3.63, 3.8) is 0 Å². The molecule has 2 N–H and O–H groups in total. The number of nitrogens with two attached hydrogens (primary N) is 1. The average molecular weight is 230 g/mol. The second-order valence-corrected chi connectivity index (χ2v) is 4.46.